The Bertz CT molecular complexity index is 2780. The Kier molecular flexibility index (Phi) is 8.83. The Balaban J connectivity index is 1.50. The van der Waals surface area contributed by atoms with Crippen molar-refractivity contribution >= 4 is 11.1 Å². The maximum atomic E-state index is 13.8. The van der Waals surface area contributed by atoms with Gasteiger partial charge in [-0.1, -0.05) is 36.4 Å². The normalized spacial score (nSPS) is 13.0. The number of nitriles is 4. The Labute approximate surface area is 318 Å². The van der Waals surface area contributed by atoms with E-state index in [1.54, 1.807) is 24.3 Å². The van der Waals surface area contributed by atoms with E-state index in [2.05, 4.69) is 0 Å². The molecule has 2 aliphatic rings. The molecule has 2 aliphatic carbocycles. The van der Waals surface area contributed by atoms with Crippen molar-refractivity contribution in [3.63, 3.8) is 0 Å². The van der Waals surface area contributed by atoms with Gasteiger partial charge in [-0.3, -0.25) is 0 Å². The summed E-state index contributed by atoms with van der Waals surface area (Å²) in [6.45, 7) is 0. The minimum Gasteiger partial charge on any atom is -0.192 e. The minimum absolute atomic E-state index is 0.0140. The number of rotatable bonds is 2. The second kappa shape index (κ2) is 13.1. The summed E-state index contributed by atoms with van der Waals surface area (Å²) in [4.78, 5) is 0. The van der Waals surface area contributed by atoms with E-state index in [0.717, 1.165) is 0 Å². The van der Waals surface area contributed by atoms with Crippen LogP contribution in [0.5, 0.6) is 0 Å². The van der Waals surface area contributed by atoms with Crippen molar-refractivity contribution in [2.75, 3.05) is 0 Å². The highest BCUT2D eigenvalue weighted by atomic mass is 19.4. The number of halogens is 12. The first kappa shape index (κ1) is 39.0. The van der Waals surface area contributed by atoms with Crippen LogP contribution in [0.25, 0.3) is 55.7 Å². The lowest BCUT2D eigenvalue weighted by Crippen LogP contribution is -2.11. The Morgan fingerprint density at radius 1 is 0.328 bits per heavy atom. The number of alkyl halides is 12. The molecule has 0 bridgehead atoms. The molecule has 16 heteroatoms. The summed E-state index contributed by atoms with van der Waals surface area (Å²) in [6, 6.07) is 19.3. The lowest BCUT2D eigenvalue weighted by atomic mass is 9.89. The van der Waals surface area contributed by atoms with Gasteiger partial charge in [0.1, 0.15) is 35.4 Å². The van der Waals surface area contributed by atoms with Crippen molar-refractivity contribution in [3.05, 3.63) is 141 Å². The SMILES string of the molecule is N#CC(C#N)=C1c2cc(-c3cc(C(F)(F)F)cc(C(F)(F)F)c3)ccc2-c2c1ccc1c2C(=C(C#N)C#N)c2cc(-c3cc(C(F)(F)F)cc(C(F)(F)F)c3)ccc2-1. The topological polar surface area (TPSA) is 95.2 Å². The van der Waals surface area contributed by atoms with Gasteiger partial charge < -0.3 is 0 Å². The van der Waals surface area contributed by atoms with Crippen LogP contribution in [-0.2, 0) is 24.7 Å². The first-order valence-electron chi connectivity index (χ1n) is 16.3. The fourth-order valence-corrected chi connectivity index (χ4v) is 7.21. The number of allylic oxidation sites excluding steroid dienone is 2. The third-order valence-corrected chi connectivity index (χ3v) is 9.65. The molecule has 5 aromatic carbocycles. The molecule has 0 atom stereocenters. The van der Waals surface area contributed by atoms with Gasteiger partial charge in [-0.05, 0) is 110 Å². The van der Waals surface area contributed by atoms with E-state index >= 15 is 0 Å². The molecule has 0 aliphatic heterocycles. The molecule has 0 N–H and O–H groups in total. The lowest BCUT2D eigenvalue weighted by molar-refractivity contribution is -0.144. The molecule has 0 spiro atoms. The van der Waals surface area contributed by atoms with E-state index in [4.69, 9.17) is 0 Å². The van der Waals surface area contributed by atoms with Gasteiger partial charge in [0.25, 0.3) is 0 Å². The summed E-state index contributed by atoms with van der Waals surface area (Å²) < 4.78 is 165. The van der Waals surface area contributed by atoms with E-state index < -0.39 is 69.2 Å². The summed E-state index contributed by atoms with van der Waals surface area (Å²) in [5.74, 6) is 0. The first-order chi connectivity index (χ1) is 27.1. The van der Waals surface area contributed by atoms with Gasteiger partial charge in [-0.2, -0.15) is 73.7 Å². The van der Waals surface area contributed by atoms with Crippen LogP contribution >= 0.6 is 0 Å². The lowest BCUT2D eigenvalue weighted by Gasteiger charge is -2.15. The fraction of sp³-hybridized carbons (Fsp3) is 0.0952. The molecule has 0 fully saturated rings. The Hall–Kier alpha value is -7.30. The summed E-state index contributed by atoms with van der Waals surface area (Å²) in [6.07, 6.45) is -20.7. The van der Waals surface area contributed by atoms with E-state index in [-0.39, 0.29) is 73.4 Å². The summed E-state index contributed by atoms with van der Waals surface area (Å²) in [5.41, 5.74) is -7.76. The Morgan fingerprint density at radius 2 is 0.672 bits per heavy atom. The molecule has 4 nitrogen and oxygen atoms in total. The molecule has 5 aromatic rings. The van der Waals surface area contributed by atoms with Crippen molar-refractivity contribution in [1.29, 1.82) is 21.0 Å². The molecule has 286 valence electrons. The van der Waals surface area contributed by atoms with Gasteiger partial charge in [0.15, 0.2) is 0 Å². The molecule has 0 amide bonds. The average molecular weight is 803 g/mol. The smallest absolute Gasteiger partial charge is 0.192 e. The second-order valence-electron chi connectivity index (χ2n) is 13.0. The molecule has 0 unspecified atom stereocenters. The van der Waals surface area contributed by atoms with Crippen LogP contribution in [0.3, 0.4) is 0 Å². The molecule has 7 rings (SSSR count). The first-order valence-corrected chi connectivity index (χ1v) is 16.3. The van der Waals surface area contributed by atoms with Gasteiger partial charge in [0.05, 0.1) is 22.3 Å². The predicted octanol–water partition coefficient (Wildman–Crippen LogP) is 12.8. The van der Waals surface area contributed by atoms with E-state index in [1.807, 2.05) is 0 Å². The third-order valence-electron chi connectivity index (χ3n) is 9.65. The van der Waals surface area contributed by atoms with Crippen LogP contribution in [0.2, 0.25) is 0 Å². The molecule has 0 radical (unpaired) electrons. The van der Waals surface area contributed by atoms with Crippen LogP contribution < -0.4 is 0 Å². The molecule has 58 heavy (non-hydrogen) atoms. The number of fused-ring (bicyclic) bond motifs is 7. The van der Waals surface area contributed by atoms with Gasteiger partial charge >= 0.3 is 24.7 Å². The predicted molar refractivity (Wildman–Crippen MR) is 183 cm³/mol. The van der Waals surface area contributed by atoms with Gasteiger partial charge in [0.2, 0.25) is 0 Å². The molecular weight excluding hydrogens is 788 g/mol. The van der Waals surface area contributed by atoms with Crippen molar-refractivity contribution in [3.8, 4) is 68.8 Å². The molecule has 0 heterocycles. The largest absolute Gasteiger partial charge is 0.416 e. The van der Waals surface area contributed by atoms with E-state index in [1.165, 1.54) is 48.5 Å². The maximum Gasteiger partial charge on any atom is 0.416 e. The van der Waals surface area contributed by atoms with Crippen LogP contribution in [0.4, 0.5) is 52.7 Å². The van der Waals surface area contributed by atoms with E-state index in [9.17, 15) is 73.7 Å². The van der Waals surface area contributed by atoms with Crippen molar-refractivity contribution < 1.29 is 52.7 Å². The highest BCUT2D eigenvalue weighted by Gasteiger charge is 2.40. The average Bonchev–Trinajstić information content (AvgIpc) is 3.66. The molecular formula is C42H14F12N4. The maximum absolute atomic E-state index is 13.8. The van der Waals surface area contributed by atoms with Crippen LogP contribution in [-0.4, -0.2) is 0 Å². The van der Waals surface area contributed by atoms with Gasteiger partial charge in [-0.15, -0.1) is 0 Å². The standard InChI is InChI=1S/C42H14F12N4/c43-39(44,45)25-7-21(8-26(13-25)40(46,47)48)19-1-3-29-30-5-6-32-35(23(15-55)16-56)34-12-20(22-9-27(41(49,50)51)14-28(10-22)42(52,53)54)2-4-31(34)37(32)38(30)36(33(29)11-19)24(17-57)18-58/h1-14H. The van der Waals surface area contributed by atoms with Crippen LogP contribution in [0.1, 0.15) is 44.5 Å². The molecule has 0 saturated heterocycles. The van der Waals surface area contributed by atoms with Crippen molar-refractivity contribution in [2.24, 2.45) is 0 Å². The highest BCUT2D eigenvalue weighted by molar-refractivity contribution is 6.16. The number of benzene rings is 5. The summed E-state index contributed by atoms with van der Waals surface area (Å²) >= 11 is 0. The minimum atomic E-state index is -5.18. The zero-order valence-corrected chi connectivity index (χ0v) is 28.4. The fourth-order valence-electron chi connectivity index (χ4n) is 7.21. The monoisotopic (exact) mass is 802 g/mol. The van der Waals surface area contributed by atoms with E-state index in [0.29, 0.717) is 29.8 Å². The summed E-state index contributed by atoms with van der Waals surface area (Å²) in [7, 11) is 0. The zero-order valence-electron chi connectivity index (χ0n) is 28.4. The highest BCUT2D eigenvalue weighted by Crippen LogP contribution is 2.57. The third kappa shape index (κ3) is 6.39. The number of hydrogen-bond donors (Lipinski definition) is 0. The van der Waals surface area contributed by atoms with Crippen LogP contribution in [0.15, 0.2) is 96.1 Å². The summed E-state index contributed by atoms with van der Waals surface area (Å²) in [5, 5.41) is 40.2. The van der Waals surface area contributed by atoms with Gasteiger partial charge in [0, 0.05) is 16.7 Å². The van der Waals surface area contributed by atoms with Gasteiger partial charge in [-0.25, -0.2) is 0 Å². The molecule has 0 aromatic heterocycles. The number of hydrogen-bond acceptors (Lipinski definition) is 4. The van der Waals surface area contributed by atoms with Crippen molar-refractivity contribution in [1.82, 2.24) is 0 Å². The Morgan fingerprint density at radius 3 is 1.07 bits per heavy atom. The second-order valence-corrected chi connectivity index (χ2v) is 13.0. The van der Waals surface area contributed by atoms with Crippen LogP contribution in [0, 0.1) is 45.3 Å². The number of nitrogens with zero attached hydrogens (tertiary/aromatic N) is 4. The molecule has 0 saturated carbocycles. The quantitative estimate of drug-likeness (QED) is 0.128. The van der Waals surface area contributed by atoms with Crippen molar-refractivity contribution in [2.45, 2.75) is 24.7 Å². The zero-order chi connectivity index (χ0) is 42.3.